The van der Waals surface area contributed by atoms with E-state index in [1.165, 1.54) is 0 Å². The third-order valence-corrected chi connectivity index (χ3v) is 3.74. The van der Waals surface area contributed by atoms with Crippen molar-refractivity contribution >= 4 is 11.9 Å². The first-order valence-corrected chi connectivity index (χ1v) is 6.74. The molecule has 1 aliphatic heterocycles. The number of carboxylic acid groups (broad SMARTS) is 1. The molecule has 0 unspecified atom stereocenters. The molecule has 0 aromatic heterocycles. The van der Waals surface area contributed by atoms with Gasteiger partial charge in [-0.3, -0.25) is 9.59 Å². The van der Waals surface area contributed by atoms with E-state index in [-0.39, 0.29) is 18.9 Å². The Hall–Kier alpha value is -1.88. The van der Waals surface area contributed by atoms with Crippen LogP contribution in [-0.4, -0.2) is 36.7 Å². The van der Waals surface area contributed by atoms with Crippen LogP contribution in [0.5, 0.6) is 0 Å². The second-order valence-electron chi connectivity index (χ2n) is 5.14. The number of carboxylic acids is 1. The Kier molecular flexibility index (Phi) is 4.74. The molecule has 1 aromatic rings. The lowest BCUT2D eigenvalue weighted by molar-refractivity contribution is -0.154. The maximum Gasteiger partial charge on any atom is 0.311 e. The van der Waals surface area contributed by atoms with E-state index < -0.39 is 11.4 Å². The number of amides is 1. The highest BCUT2D eigenvalue weighted by Crippen LogP contribution is 2.30. The van der Waals surface area contributed by atoms with Gasteiger partial charge in [0.05, 0.1) is 11.8 Å². The summed E-state index contributed by atoms with van der Waals surface area (Å²) >= 11 is 0. The van der Waals surface area contributed by atoms with Crippen molar-refractivity contribution in [3.8, 4) is 0 Å². The molecule has 0 atom stereocenters. The summed E-state index contributed by atoms with van der Waals surface area (Å²) in [5.74, 6) is -1.01. The summed E-state index contributed by atoms with van der Waals surface area (Å²) in [5.41, 5.74) is 0.0336. The highest BCUT2D eigenvalue weighted by atomic mass is 16.5. The van der Waals surface area contributed by atoms with Crippen molar-refractivity contribution in [1.82, 2.24) is 5.32 Å². The van der Waals surface area contributed by atoms with E-state index in [1.807, 2.05) is 30.3 Å². The number of rotatable bonds is 5. The standard InChI is InChI=1S/C15H19NO4/c17-13(10-12-4-2-1-3-5-12)16-11-15(14(18)19)6-8-20-9-7-15/h1-5H,6-11H2,(H,16,17)(H,18,19). The molecule has 1 heterocycles. The summed E-state index contributed by atoms with van der Waals surface area (Å²) in [7, 11) is 0. The third-order valence-electron chi connectivity index (χ3n) is 3.74. The van der Waals surface area contributed by atoms with E-state index in [2.05, 4.69) is 5.32 Å². The highest BCUT2D eigenvalue weighted by molar-refractivity contribution is 5.80. The SMILES string of the molecule is O=C(Cc1ccccc1)NCC1(C(=O)O)CCOCC1. The van der Waals surface area contributed by atoms with Crippen molar-refractivity contribution in [2.75, 3.05) is 19.8 Å². The van der Waals surface area contributed by atoms with E-state index in [1.54, 1.807) is 0 Å². The molecular weight excluding hydrogens is 258 g/mol. The molecule has 0 saturated carbocycles. The van der Waals surface area contributed by atoms with Gasteiger partial charge in [0.2, 0.25) is 5.91 Å². The number of hydrogen-bond acceptors (Lipinski definition) is 3. The molecule has 5 nitrogen and oxygen atoms in total. The largest absolute Gasteiger partial charge is 0.481 e. The lowest BCUT2D eigenvalue weighted by atomic mass is 9.80. The van der Waals surface area contributed by atoms with E-state index in [4.69, 9.17) is 4.74 Å². The number of carbonyl (C=O) groups excluding carboxylic acids is 1. The number of carbonyl (C=O) groups is 2. The molecule has 0 aliphatic carbocycles. The minimum absolute atomic E-state index is 0.150. The first-order valence-electron chi connectivity index (χ1n) is 6.74. The first kappa shape index (κ1) is 14.5. The average Bonchev–Trinajstić information content (AvgIpc) is 2.47. The number of hydrogen-bond donors (Lipinski definition) is 2. The van der Waals surface area contributed by atoms with Crippen molar-refractivity contribution < 1.29 is 19.4 Å². The summed E-state index contributed by atoms with van der Waals surface area (Å²) in [4.78, 5) is 23.3. The molecule has 108 valence electrons. The molecule has 1 aliphatic rings. The minimum atomic E-state index is -0.884. The fourth-order valence-electron chi connectivity index (χ4n) is 2.34. The van der Waals surface area contributed by atoms with Gasteiger partial charge in [-0.15, -0.1) is 0 Å². The lowest BCUT2D eigenvalue weighted by Gasteiger charge is -2.33. The third kappa shape index (κ3) is 3.57. The summed E-state index contributed by atoms with van der Waals surface area (Å²) in [6.45, 7) is 1.03. The van der Waals surface area contributed by atoms with Crippen LogP contribution in [-0.2, 0) is 20.7 Å². The van der Waals surface area contributed by atoms with Gasteiger partial charge in [0.1, 0.15) is 0 Å². The smallest absolute Gasteiger partial charge is 0.311 e. The predicted molar refractivity (Wildman–Crippen MR) is 73.3 cm³/mol. The topological polar surface area (TPSA) is 75.6 Å². The molecule has 0 radical (unpaired) electrons. The minimum Gasteiger partial charge on any atom is -0.481 e. The Labute approximate surface area is 117 Å². The summed E-state index contributed by atoms with van der Waals surface area (Å²) in [6, 6.07) is 9.39. The van der Waals surface area contributed by atoms with E-state index in [9.17, 15) is 14.7 Å². The summed E-state index contributed by atoms with van der Waals surface area (Å²) in [6.07, 6.45) is 1.15. The lowest BCUT2D eigenvalue weighted by Crippen LogP contribution is -2.46. The molecule has 0 spiro atoms. The fourth-order valence-corrected chi connectivity index (χ4v) is 2.34. The van der Waals surface area contributed by atoms with Gasteiger partial charge < -0.3 is 15.2 Å². The Balaban J connectivity index is 1.89. The van der Waals surface area contributed by atoms with Crippen LogP contribution in [0.25, 0.3) is 0 Å². The van der Waals surface area contributed by atoms with Crippen molar-refractivity contribution in [3.05, 3.63) is 35.9 Å². The van der Waals surface area contributed by atoms with Gasteiger partial charge in [0, 0.05) is 19.8 Å². The summed E-state index contributed by atoms with van der Waals surface area (Å²) in [5, 5.41) is 12.1. The van der Waals surface area contributed by atoms with E-state index >= 15 is 0 Å². The average molecular weight is 277 g/mol. The molecule has 0 bridgehead atoms. The van der Waals surface area contributed by atoms with Crippen LogP contribution in [0.3, 0.4) is 0 Å². The molecule has 1 aromatic carbocycles. The second-order valence-corrected chi connectivity index (χ2v) is 5.14. The molecule has 1 amide bonds. The normalized spacial score (nSPS) is 17.4. The highest BCUT2D eigenvalue weighted by Gasteiger charge is 2.40. The molecule has 2 N–H and O–H groups in total. The van der Waals surface area contributed by atoms with Gasteiger partial charge in [-0.1, -0.05) is 30.3 Å². The van der Waals surface area contributed by atoms with Crippen molar-refractivity contribution in [2.45, 2.75) is 19.3 Å². The van der Waals surface area contributed by atoms with E-state index in [0.717, 1.165) is 5.56 Å². The Morgan fingerprint density at radius 1 is 1.20 bits per heavy atom. The van der Waals surface area contributed by atoms with Crippen LogP contribution in [0.4, 0.5) is 0 Å². The van der Waals surface area contributed by atoms with Crippen LogP contribution < -0.4 is 5.32 Å². The van der Waals surface area contributed by atoms with Gasteiger partial charge in [-0.25, -0.2) is 0 Å². The van der Waals surface area contributed by atoms with Gasteiger partial charge in [-0.05, 0) is 18.4 Å². The van der Waals surface area contributed by atoms with Gasteiger partial charge >= 0.3 is 5.97 Å². The number of benzene rings is 1. The maximum absolute atomic E-state index is 11.9. The van der Waals surface area contributed by atoms with E-state index in [0.29, 0.717) is 26.1 Å². The van der Waals surface area contributed by atoms with Crippen LogP contribution in [0.1, 0.15) is 18.4 Å². The quantitative estimate of drug-likeness (QED) is 0.848. The zero-order valence-corrected chi connectivity index (χ0v) is 11.3. The Morgan fingerprint density at radius 3 is 2.45 bits per heavy atom. The molecule has 1 fully saturated rings. The first-order chi connectivity index (χ1) is 9.62. The molecule has 20 heavy (non-hydrogen) atoms. The number of aliphatic carboxylic acids is 1. The number of nitrogens with one attached hydrogen (secondary N) is 1. The second kappa shape index (κ2) is 6.52. The monoisotopic (exact) mass is 277 g/mol. The fraction of sp³-hybridized carbons (Fsp3) is 0.467. The van der Waals surface area contributed by atoms with Crippen molar-refractivity contribution in [1.29, 1.82) is 0 Å². The maximum atomic E-state index is 11.9. The molecule has 2 rings (SSSR count). The molecule has 1 saturated heterocycles. The van der Waals surface area contributed by atoms with Crippen LogP contribution in [0.15, 0.2) is 30.3 Å². The van der Waals surface area contributed by atoms with Crippen LogP contribution >= 0.6 is 0 Å². The predicted octanol–water partition coefficient (Wildman–Crippen LogP) is 1.23. The van der Waals surface area contributed by atoms with Crippen molar-refractivity contribution in [3.63, 3.8) is 0 Å². The Bertz CT molecular complexity index is 466. The zero-order chi connectivity index (χ0) is 14.4. The van der Waals surface area contributed by atoms with Crippen LogP contribution in [0.2, 0.25) is 0 Å². The van der Waals surface area contributed by atoms with Gasteiger partial charge in [-0.2, -0.15) is 0 Å². The van der Waals surface area contributed by atoms with Crippen LogP contribution in [0, 0.1) is 5.41 Å². The van der Waals surface area contributed by atoms with Gasteiger partial charge in [0.15, 0.2) is 0 Å². The summed E-state index contributed by atoms with van der Waals surface area (Å²) < 4.78 is 5.20. The van der Waals surface area contributed by atoms with Crippen molar-refractivity contribution in [2.24, 2.45) is 5.41 Å². The Morgan fingerprint density at radius 2 is 1.85 bits per heavy atom. The molecule has 5 heteroatoms. The van der Waals surface area contributed by atoms with Gasteiger partial charge in [0.25, 0.3) is 0 Å². The number of ether oxygens (including phenoxy) is 1. The molecular formula is C15H19NO4. The zero-order valence-electron chi connectivity index (χ0n) is 11.3.